The summed E-state index contributed by atoms with van der Waals surface area (Å²) in [5, 5.41) is 2.89. The summed E-state index contributed by atoms with van der Waals surface area (Å²) in [6.45, 7) is 3.43. The number of carbonyl (C=O) groups excluding carboxylic acids is 2. The van der Waals surface area contributed by atoms with Crippen molar-refractivity contribution in [3.8, 4) is 0 Å². The minimum Gasteiger partial charge on any atom is -0.469 e. The van der Waals surface area contributed by atoms with Gasteiger partial charge in [0.15, 0.2) is 0 Å². The third kappa shape index (κ3) is 8.79. The summed E-state index contributed by atoms with van der Waals surface area (Å²) in [6.07, 6.45) is 5.35. The summed E-state index contributed by atoms with van der Waals surface area (Å²) < 4.78 is 4.78. The molecule has 0 saturated carbocycles. The van der Waals surface area contributed by atoms with Crippen LogP contribution in [0.2, 0.25) is 0 Å². The highest BCUT2D eigenvalue weighted by atomic mass is 35.5. The zero-order chi connectivity index (χ0) is 16.4. The van der Waals surface area contributed by atoms with Crippen molar-refractivity contribution >= 4 is 36.0 Å². The molecule has 3 N–H and O–H groups in total. The SMILES string of the molecule is COC(=O)C1CCN(CCCNC(=O)C(N)CCSC)CC1.Cl. The van der Waals surface area contributed by atoms with Crippen LogP contribution in [-0.4, -0.2) is 68.1 Å². The number of nitrogens with two attached hydrogens (primary N) is 1. The van der Waals surface area contributed by atoms with Crippen LogP contribution in [0.15, 0.2) is 0 Å². The molecule has 1 aliphatic heterocycles. The van der Waals surface area contributed by atoms with Crippen LogP contribution in [0.5, 0.6) is 0 Å². The fourth-order valence-corrected chi connectivity index (χ4v) is 3.07. The van der Waals surface area contributed by atoms with Crippen molar-refractivity contribution in [2.24, 2.45) is 11.7 Å². The Morgan fingerprint density at radius 3 is 2.61 bits per heavy atom. The topological polar surface area (TPSA) is 84.7 Å². The molecule has 0 aliphatic carbocycles. The van der Waals surface area contributed by atoms with Gasteiger partial charge in [0.05, 0.1) is 19.1 Å². The molecule has 23 heavy (non-hydrogen) atoms. The number of halogens is 1. The maximum absolute atomic E-state index is 11.7. The van der Waals surface area contributed by atoms with Gasteiger partial charge in [0, 0.05) is 6.54 Å². The summed E-state index contributed by atoms with van der Waals surface area (Å²) in [7, 11) is 1.45. The number of likely N-dealkylation sites (tertiary alicyclic amines) is 1. The van der Waals surface area contributed by atoms with E-state index >= 15 is 0 Å². The number of rotatable bonds is 9. The fraction of sp³-hybridized carbons (Fsp3) is 0.867. The van der Waals surface area contributed by atoms with E-state index in [0.717, 1.165) is 44.6 Å². The molecule has 1 saturated heterocycles. The number of nitrogens with one attached hydrogen (secondary N) is 1. The number of thioether (sulfide) groups is 1. The molecule has 1 aliphatic rings. The van der Waals surface area contributed by atoms with Gasteiger partial charge in [-0.15, -0.1) is 12.4 Å². The van der Waals surface area contributed by atoms with Gasteiger partial charge >= 0.3 is 5.97 Å². The van der Waals surface area contributed by atoms with Gasteiger partial charge in [-0.3, -0.25) is 9.59 Å². The van der Waals surface area contributed by atoms with Crippen LogP contribution >= 0.6 is 24.2 Å². The van der Waals surface area contributed by atoms with Crippen LogP contribution in [0.3, 0.4) is 0 Å². The summed E-state index contributed by atoms with van der Waals surface area (Å²) in [4.78, 5) is 25.5. The monoisotopic (exact) mass is 367 g/mol. The Morgan fingerprint density at radius 2 is 2.04 bits per heavy atom. The van der Waals surface area contributed by atoms with Crippen LogP contribution in [0, 0.1) is 5.92 Å². The molecular weight excluding hydrogens is 338 g/mol. The van der Waals surface area contributed by atoms with Crippen molar-refractivity contribution in [3.05, 3.63) is 0 Å². The molecule has 0 aromatic rings. The number of methoxy groups -OCH3 is 1. The molecule has 1 unspecified atom stereocenters. The maximum atomic E-state index is 11.7. The number of carbonyl (C=O) groups is 2. The van der Waals surface area contributed by atoms with Gasteiger partial charge in [0.1, 0.15) is 0 Å². The second-order valence-corrected chi connectivity index (χ2v) is 6.66. The second-order valence-electron chi connectivity index (χ2n) is 5.67. The minimum atomic E-state index is -0.400. The van der Waals surface area contributed by atoms with E-state index in [1.807, 2.05) is 6.26 Å². The lowest BCUT2D eigenvalue weighted by atomic mass is 9.97. The third-order valence-corrected chi connectivity index (χ3v) is 4.69. The van der Waals surface area contributed by atoms with Crippen molar-refractivity contribution in [1.29, 1.82) is 0 Å². The smallest absolute Gasteiger partial charge is 0.308 e. The van der Waals surface area contributed by atoms with E-state index in [1.165, 1.54) is 7.11 Å². The normalized spacial score (nSPS) is 17.2. The quantitative estimate of drug-likeness (QED) is 0.465. The number of piperidine rings is 1. The van der Waals surface area contributed by atoms with Crippen molar-refractivity contribution in [1.82, 2.24) is 10.2 Å². The number of hydrogen-bond donors (Lipinski definition) is 2. The van der Waals surface area contributed by atoms with Crippen LogP contribution in [0.25, 0.3) is 0 Å². The highest BCUT2D eigenvalue weighted by Crippen LogP contribution is 2.18. The fourth-order valence-electron chi connectivity index (χ4n) is 2.58. The van der Waals surface area contributed by atoms with Crippen molar-refractivity contribution in [3.63, 3.8) is 0 Å². The van der Waals surface area contributed by atoms with E-state index in [1.54, 1.807) is 11.8 Å². The zero-order valence-corrected chi connectivity index (χ0v) is 15.7. The largest absolute Gasteiger partial charge is 0.469 e. The minimum absolute atomic E-state index is 0. The number of amides is 1. The Balaban J connectivity index is 0.00000484. The van der Waals surface area contributed by atoms with Gasteiger partial charge in [0.25, 0.3) is 0 Å². The van der Waals surface area contributed by atoms with Gasteiger partial charge in [-0.25, -0.2) is 0 Å². The first kappa shape index (κ1) is 22.5. The highest BCUT2D eigenvalue weighted by Gasteiger charge is 2.25. The van der Waals surface area contributed by atoms with Crippen LogP contribution in [-0.2, 0) is 14.3 Å². The predicted molar refractivity (Wildman–Crippen MR) is 97.0 cm³/mol. The number of nitrogens with zero attached hydrogens (tertiary/aromatic N) is 1. The van der Waals surface area contributed by atoms with Crippen molar-refractivity contribution in [2.75, 3.05) is 45.3 Å². The first-order valence-electron chi connectivity index (χ1n) is 7.91. The van der Waals surface area contributed by atoms with Crippen LogP contribution < -0.4 is 11.1 Å². The van der Waals surface area contributed by atoms with E-state index in [2.05, 4.69) is 10.2 Å². The molecule has 0 bridgehead atoms. The molecule has 0 aromatic carbocycles. The van der Waals surface area contributed by atoms with Gasteiger partial charge in [-0.1, -0.05) is 0 Å². The summed E-state index contributed by atoms with van der Waals surface area (Å²) in [5.41, 5.74) is 5.81. The first-order chi connectivity index (χ1) is 10.6. The van der Waals surface area contributed by atoms with E-state index in [9.17, 15) is 9.59 Å². The molecule has 0 radical (unpaired) electrons. The first-order valence-corrected chi connectivity index (χ1v) is 9.30. The van der Waals surface area contributed by atoms with Crippen molar-refractivity contribution in [2.45, 2.75) is 31.7 Å². The zero-order valence-electron chi connectivity index (χ0n) is 14.1. The summed E-state index contributed by atoms with van der Waals surface area (Å²) in [6, 6.07) is -0.400. The third-order valence-electron chi connectivity index (χ3n) is 4.04. The Labute approximate surface area is 149 Å². The Hall–Kier alpha value is -0.500. The lowest BCUT2D eigenvalue weighted by Crippen LogP contribution is -2.42. The van der Waals surface area contributed by atoms with Gasteiger partial charge < -0.3 is 20.7 Å². The summed E-state index contributed by atoms with van der Waals surface area (Å²) in [5.74, 6) is 0.809. The second kappa shape index (κ2) is 12.9. The number of ether oxygens (including phenoxy) is 1. The lowest BCUT2D eigenvalue weighted by molar-refractivity contribution is -0.147. The Bertz CT molecular complexity index is 353. The molecule has 1 fully saturated rings. The number of esters is 1. The molecule has 0 aromatic heterocycles. The van der Waals surface area contributed by atoms with E-state index < -0.39 is 6.04 Å². The Kier molecular flexibility index (Phi) is 12.6. The van der Waals surface area contributed by atoms with E-state index in [-0.39, 0.29) is 30.2 Å². The van der Waals surface area contributed by atoms with E-state index in [0.29, 0.717) is 13.0 Å². The Morgan fingerprint density at radius 1 is 1.39 bits per heavy atom. The molecule has 1 rings (SSSR count). The molecule has 1 atom stereocenters. The van der Waals surface area contributed by atoms with Crippen LogP contribution in [0.1, 0.15) is 25.7 Å². The standard InChI is InChI=1S/C15H29N3O3S.ClH/c1-21-15(20)12-4-9-18(10-5-12)8-3-7-17-14(19)13(16)6-11-22-2;/h12-13H,3-11,16H2,1-2H3,(H,17,19);1H. The van der Waals surface area contributed by atoms with Crippen LogP contribution in [0.4, 0.5) is 0 Å². The van der Waals surface area contributed by atoms with Gasteiger partial charge in [-0.05, 0) is 57.3 Å². The molecule has 0 spiro atoms. The van der Waals surface area contributed by atoms with Crippen molar-refractivity contribution < 1.29 is 14.3 Å². The molecule has 136 valence electrons. The lowest BCUT2D eigenvalue weighted by Gasteiger charge is -2.30. The van der Waals surface area contributed by atoms with Gasteiger partial charge in [0.2, 0.25) is 5.91 Å². The molecule has 1 heterocycles. The van der Waals surface area contributed by atoms with Gasteiger partial charge in [-0.2, -0.15) is 11.8 Å². The highest BCUT2D eigenvalue weighted by molar-refractivity contribution is 7.98. The summed E-state index contributed by atoms with van der Waals surface area (Å²) >= 11 is 1.70. The number of hydrogen-bond acceptors (Lipinski definition) is 6. The molecule has 1 amide bonds. The molecule has 8 heteroatoms. The van der Waals surface area contributed by atoms with E-state index in [4.69, 9.17) is 10.5 Å². The maximum Gasteiger partial charge on any atom is 0.308 e. The average Bonchev–Trinajstić information content (AvgIpc) is 2.56. The average molecular weight is 368 g/mol. The molecule has 6 nitrogen and oxygen atoms in total. The molecular formula is C15H30ClN3O3S. The predicted octanol–water partition coefficient (Wildman–Crippen LogP) is 0.880.